The molecule has 0 bridgehead atoms. The molecule has 0 radical (unpaired) electrons. The lowest BCUT2D eigenvalue weighted by Crippen LogP contribution is -1.82. The first kappa shape index (κ1) is 9.85. The number of hydrogen-bond acceptors (Lipinski definition) is 3. The largest absolute Gasteiger partial charge is 0.198 e. The summed E-state index contributed by atoms with van der Waals surface area (Å²) in [5.74, 6) is 0. The minimum Gasteiger partial charge on any atom is -0.198 e. The topological polar surface area (TPSA) is 23.8 Å². The van der Waals surface area contributed by atoms with Gasteiger partial charge in [-0.3, -0.25) is 0 Å². The van der Waals surface area contributed by atoms with Gasteiger partial charge in [0.25, 0.3) is 0 Å². The second-order valence-corrected chi connectivity index (χ2v) is 5.11. The van der Waals surface area contributed by atoms with E-state index < -0.39 is 0 Å². The van der Waals surface area contributed by atoms with Crippen molar-refractivity contribution in [3.63, 3.8) is 0 Å². The highest BCUT2D eigenvalue weighted by molar-refractivity contribution is 7.83. The molecule has 2 rings (SSSR count). The molecule has 0 saturated heterocycles. The van der Waals surface area contributed by atoms with Gasteiger partial charge >= 0.3 is 0 Å². The summed E-state index contributed by atoms with van der Waals surface area (Å²) in [6.07, 6.45) is 0.351. The van der Waals surface area contributed by atoms with Crippen molar-refractivity contribution >= 4 is 45.7 Å². The molecule has 0 fully saturated rings. The van der Waals surface area contributed by atoms with E-state index in [2.05, 4.69) is 18.7 Å². The van der Waals surface area contributed by atoms with E-state index in [9.17, 15) is 0 Å². The molecule has 1 aromatic heterocycles. The van der Waals surface area contributed by atoms with Crippen molar-refractivity contribution in [2.75, 3.05) is 0 Å². The van der Waals surface area contributed by atoms with Crippen LogP contribution in [0.2, 0.25) is 5.02 Å². The van der Waals surface area contributed by atoms with Crippen LogP contribution in [-0.2, 0) is 6.42 Å². The summed E-state index contributed by atoms with van der Waals surface area (Å²) in [7, 11) is 0. The van der Waals surface area contributed by atoms with Gasteiger partial charge in [-0.15, -0.1) is 24.0 Å². The average Bonchev–Trinajstić information content (AvgIpc) is 2.51. The summed E-state index contributed by atoms with van der Waals surface area (Å²) in [5, 5.41) is 10.5. The van der Waals surface area contributed by atoms with E-state index in [1.54, 1.807) is 11.3 Å². The summed E-state index contributed by atoms with van der Waals surface area (Å²) >= 11 is 11.9. The van der Waals surface area contributed by atoms with Crippen LogP contribution in [0.3, 0.4) is 0 Å². The number of thiophene rings is 1. The summed E-state index contributed by atoms with van der Waals surface area (Å²) in [6.45, 7) is 0. The van der Waals surface area contributed by atoms with Crippen molar-refractivity contribution in [2.24, 2.45) is 0 Å². The second kappa shape index (κ2) is 3.82. The highest BCUT2D eigenvalue weighted by Crippen LogP contribution is 2.34. The van der Waals surface area contributed by atoms with Crippen LogP contribution in [0.5, 0.6) is 0 Å². The fraction of sp³-hybridized carbons (Fsp3) is 0.100. The van der Waals surface area contributed by atoms with Crippen LogP contribution in [0.15, 0.2) is 22.4 Å². The van der Waals surface area contributed by atoms with Crippen LogP contribution >= 0.6 is 35.6 Å². The number of halogens is 1. The van der Waals surface area contributed by atoms with E-state index in [1.807, 2.05) is 18.2 Å². The Morgan fingerprint density at radius 1 is 1.50 bits per heavy atom. The zero-order valence-electron chi connectivity index (χ0n) is 7.12. The predicted octanol–water partition coefficient (Wildman–Crippen LogP) is 3.91. The van der Waals surface area contributed by atoms with Crippen molar-refractivity contribution in [3.05, 3.63) is 28.8 Å². The Morgan fingerprint density at radius 2 is 2.29 bits per heavy atom. The Labute approximate surface area is 96.3 Å². The number of benzene rings is 1. The van der Waals surface area contributed by atoms with Gasteiger partial charge in [-0.1, -0.05) is 17.7 Å². The molecular weight excluding hydrogens is 234 g/mol. The Morgan fingerprint density at radius 3 is 3.00 bits per heavy atom. The minimum absolute atomic E-state index is 0.351. The molecule has 0 aliphatic rings. The molecule has 0 aliphatic carbocycles. The molecule has 1 heterocycles. The third kappa shape index (κ3) is 1.61. The number of nitrogens with zero attached hydrogens (tertiary/aromatic N) is 1. The SMILES string of the molecule is N#CCc1c(Cl)ccc2cc(S)sc12. The van der Waals surface area contributed by atoms with E-state index in [1.165, 1.54) is 0 Å². The highest BCUT2D eigenvalue weighted by Gasteiger charge is 2.08. The summed E-state index contributed by atoms with van der Waals surface area (Å²) in [4.78, 5) is 0. The maximum absolute atomic E-state index is 8.69. The van der Waals surface area contributed by atoms with E-state index in [0.717, 1.165) is 19.9 Å². The lowest BCUT2D eigenvalue weighted by molar-refractivity contribution is 1.29. The molecule has 0 N–H and O–H groups in total. The first-order valence-corrected chi connectivity index (χ1v) is 5.63. The van der Waals surface area contributed by atoms with Crippen molar-refractivity contribution in [3.8, 4) is 6.07 Å². The Bertz CT molecular complexity index is 525. The number of nitriles is 1. The maximum atomic E-state index is 8.69. The molecule has 14 heavy (non-hydrogen) atoms. The minimum atomic E-state index is 0.351. The van der Waals surface area contributed by atoms with Gasteiger partial charge in [0.15, 0.2) is 0 Å². The van der Waals surface area contributed by atoms with Crippen LogP contribution in [0.25, 0.3) is 10.1 Å². The van der Waals surface area contributed by atoms with Gasteiger partial charge in [0.1, 0.15) is 0 Å². The highest BCUT2D eigenvalue weighted by atomic mass is 35.5. The van der Waals surface area contributed by atoms with Gasteiger partial charge in [0.2, 0.25) is 0 Å². The van der Waals surface area contributed by atoms with Gasteiger partial charge in [-0.05, 0) is 17.5 Å². The zero-order chi connectivity index (χ0) is 10.1. The monoisotopic (exact) mass is 239 g/mol. The quantitative estimate of drug-likeness (QED) is 0.750. The van der Waals surface area contributed by atoms with Crippen LogP contribution in [0.4, 0.5) is 0 Å². The van der Waals surface area contributed by atoms with Gasteiger partial charge in [-0.2, -0.15) is 5.26 Å². The van der Waals surface area contributed by atoms with E-state index in [0.29, 0.717) is 11.4 Å². The van der Waals surface area contributed by atoms with E-state index in [-0.39, 0.29) is 0 Å². The van der Waals surface area contributed by atoms with Gasteiger partial charge in [0, 0.05) is 15.3 Å². The zero-order valence-corrected chi connectivity index (χ0v) is 9.59. The first-order valence-electron chi connectivity index (χ1n) is 3.99. The van der Waals surface area contributed by atoms with Crippen molar-refractivity contribution in [2.45, 2.75) is 10.6 Å². The molecule has 0 unspecified atom stereocenters. The molecule has 0 aliphatic heterocycles. The number of hydrogen-bond donors (Lipinski definition) is 1. The predicted molar refractivity (Wildman–Crippen MR) is 63.4 cm³/mol. The fourth-order valence-electron chi connectivity index (χ4n) is 1.37. The lowest BCUT2D eigenvalue weighted by Gasteiger charge is -2.00. The summed E-state index contributed by atoms with van der Waals surface area (Å²) in [5.41, 5.74) is 0.914. The van der Waals surface area contributed by atoms with Crippen molar-refractivity contribution in [1.29, 1.82) is 5.26 Å². The molecular formula is C10H6ClNS2. The van der Waals surface area contributed by atoms with Crippen molar-refractivity contribution < 1.29 is 0 Å². The molecule has 70 valence electrons. The molecule has 0 saturated carbocycles. The Hall–Kier alpha value is -0.690. The van der Waals surface area contributed by atoms with Crippen LogP contribution in [0, 0.1) is 11.3 Å². The average molecular weight is 240 g/mol. The number of thiol groups is 1. The van der Waals surface area contributed by atoms with Gasteiger partial charge in [-0.25, -0.2) is 0 Å². The third-order valence-corrected chi connectivity index (χ3v) is 3.75. The molecule has 0 spiro atoms. The molecule has 0 amide bonds. The lowest BCUT2D eigenvalue weighted by atomic mass is 10.1. The van der Waals surface area contributed by atoms with Crippen molar-refractivity contribution in [1.82, 2.24) is 0 Å². The number of fused-ring (bicyclic) bond motifs is 1. The number of rotatable bonds is 1. The van der Waals surface area contributed by atoms with Crippen LogP contribution < -0.4 is 0 Å². The molecule has 1 nitrogen and oxygen atoms in total. The second-order valence-electron chi connectivity index (χ2n) is 2.86. The Balaban J connectivity index is 2.76. The van der Waals surface area contributed by atoms with Crippen LogP contribution in [0.1, 0.15) is 5.56 Å². The van der Waals surface area contributed by atoms with E-state index >= 15 is 0 Å². The van der Waals surface area contributed by atoms with Gasteiger partial charge < -0.3 is 0 Å². The molecule has 4 heteroatoms. The smallest absolute Gasteiger partial charge is 0.0670 e. The molecule has 0 atom stereocenters. The normalized spacial score (nSPS) is 10.4. The molecule has 2 aromatic rings. The maximum Gasteiger partial charge on any atom is 0.0670 e. The third-order valence-electron chi connectivity index (χ3n) is 1.98. The first-order chi connectivity index (χ1) is 6.72. The summed E-state index contributed by atoms with van der Waals surface area (Å²) < 4.78 is 2.02. The van der Waals surface area contributed by atoms with Crippen LogP contribution in [-0.4, -0.2) is 0 Å². The summed E-state index contributed by atoms with van der Waals surface area (Å²) in [6, 6.07) is 7.89. The fourth-order valence-corrected chi connectivity index (χ4v) is 3.01. The Kier molecular flexibility index (Phi) is 2.69. The van der Waals surface area contributed by atoms with E-state index in [4.69, 9.17) is 16.9 Å². The van der Waals surface area contributed by atoms with Gasteiger partial charge in [0.05, 0.1) is 16.7 Å². The standard InChI is InChI=1S/C10H6ClNS2/c11-8-2-1-6-5-9(13)14-10(6)7(8)3-4-12/h1-2,5,13H,3H2. The molecule has 1 aromatic carbocycles.